The van der Waals surface area contributed by atoms with E-state index in [4.69, 9.17) is 29.4 Å². The Morgan fingerprint density at radius 1 is 0.571 bits per heavy atom. The van der Waals surface area contributed by atoms with Crippen molar-refractivity contribution in [3.8, 4) is 0 Å². The minimum atomic E-state index is -4.62. The quantitative estimate of drug-likeness (QED) is 0.0234. The Morgan fingerprint density at radius 2 is 0.982 bits per heavy atom. The van der Waals surface area contributed by atoms with Crippen LogP contribution < -0.4 is 5.73 Å². The molecule has 0 aromatic rings. The Labute approximate surface area is 342 Å². The Hall–Kier alpha value is -1.81. The molecule has 3 unspecified atom stereocenters. The molecule has 0 amide bonds. The summed E-state index contributed by atoms with van der Waals surface area (Å²) >= 11 is 0. The zero-order valence-corrected chi connectivity index (χ0v) is 36.6. The van der Waals surface area contributed by atoms with Gasteiger partial charge in [-0.2, -0.15) is 0 Å². The molecular formula is C45H84NO9P. The van der Waals surface area contributed by atoms with Crippen LogP contribution in [0.25, 0.3) is 0 Å². The minimum absolute atomic E-state index is 0.0125. The monoisotopic (exact) mass is 814 g/mol. The van der Waals surface area contributed by atoms with Gasteiger partial charge in [-0.25, -0.2) is 4.57 Å². The molecule has 0 bridgehead atoms. The molecular weight excluding hydrogens is 729 g/mol. The van der Waals surface area contributed by atoms with Crippen LogP contribution in [0.15, 0.2) is 36.5 Å². The van der Waals surface area contributed by atoms with Gasteiger partial charge in [0.2, 0.25) is 0 Å². The third kappa shape index (κ3) is 40.4. The fraction of sp³-hybridized carbons (Fsp3) is 0.822. The van der Waals surface area contributed by atoms with Crippen molar-refractivity contribution >= 4 is 19.8 Å². The van der Waals surface area contributed by atoms with Crippen LogP contribution in [0.2, 0.25) is 0 Å². The van der Waals surface area contributed by atoms with Crippen LogP contribution in [0.1, 0.15) is 200 Å². The largest absolute Gasteiger partial charge is 0.480 e. The number of phosphoric acid groups is 1. The van der Waals surface area contributed by atoms with Crippen LogP contribution in [0, 0.1) is 0 Å². The number of carboxylic acids is 1. The second-order valence-corrected chi connectivity index (χ2v) is 16.6. The molecule has 0 aliphatic carbocycles. The van der Waals surface area contributed by atoms with E-state index in [0.717, 1.165) is 57.8 Å². The zero-order chi connectivity index (χ0) is 41.2. The predicted molar refractivity (Wildman–Crippen MR) is 231 cm³/mol. The van der Waals surface area contributed by atoms with E-state index in [1.165, 1.54) is 116 Å². The van der Waals surface area contributed by atoms with Gasteiger partial charge in [0.25, 0.3) is 0 Å². The highest BCUT2D eigenvalue weighted by Crippen LogP contribution is 2.43. The Balaban J connectivity index is 4.20. The number of unbranched alkanes of at least 4 members (excludes halogenated alkanes) is 23. The Morgan fingerprint density at radius 3 is 1.50 bits per heavy atom. The van der Waals surface area contributed by atoms with E-state index in [1.54, 1.807) is 0 Å². The highest BCUT2D eigenvalue weighted by molar-refractivity contribution is 7.47. The molecule has 0 saturated heterocycles. The molecule has 0 saturated carbocycles. The summed E-state index contributed by atoms with van der Waals surface area (Å²) in [7, 11) is -4.62. The fourth-order valence-electron chi connectivity index (χ4n) is 6.10. The summed E-state index contributed by atoms with van der Waals surface area (Å²) in [5.41, 5.74) is 5.36. The van der Waals surface area contributed by atoms with Crippen molar-refractivity contribution in [2.45, 2.75) is 212 Å². The number of nitrogens with two attached hydrogens (primary N) is 1. The van der Waals surface area contributed by atoms with Gasteiger partial charge >= 0.3 is 19.8 Å². The average molecular weight is 814 g/mol. The van der Waals surface area contributed by atoms with E-state index >= 15 is 0 Å². The topological polar surface area (TPSA) is 155 Å². The second kappa shape index (κ2) is 41.4. The first-order valence-corrected chi connectivity index (χ1v) is 24.0. The molecule has 0 aliphatic rings. The van der Waals surface area contributed by atoms with Crippen molar-refractivity contribution in [2.24, 2.45) is 5.73 Å². The first-order chi connectivity index (χ1) is 27.2. The highest BCUT2D eigenvalue weighted by Gasteiger charge is 2.27. The van der Waals surface area contributed by atoms with Crippen LogP contribution in [0.4, 0.5) is 0 Å². The molecule has 4 N–H and O–H groups in total. The third-order valence-electron chi connectivity index (χ3n) is 9.64. The molecule has 0 heterocycles. The number of hydrogen-bond acceptors (Lipinski definition) is 8. The smallest absolute Gasteiger partial charge is 0.472 e. The van der Waals surface area contributed by atoms with Crippen molar-refractivity contribution in [3.05, 3.63) is 36.5 Å². The lowest BCUT2D eigenvalue weighted by atomic mass is 10.1. The normalized spacial score (nSPS) is 14.2. The number of aliphatic carboxylic acids is 1. The molecule has 0 aromatic heterocycles. The predicted octanol–water partition coefficient (Wildman–Crippen LogP) is 12.5. The van der Waals surface area contributed by atoms with E-state index in [-0.39, 0.29) is 13.0 Å². The van der Waals surface area contributed by atoms with E-state index in [9.17, 15) is 19.0 Å². The van der Waals surface area contributed by atoms with Crippen LogP contribution >= 0.6 is 7.82 Å². The molecule has 0 spiro atoms. The number of ether oxygens (including phenoxy) is 2. The summed E-state index contributed by atoms with van der Waals surface area (Å²) in [6, 6.07) is -1.47. The molecule has 0 rings (SSSR count). The summed E-state index contributed by atoms with van der Waals surface area (Å²) in [6.07, 6.45) is 46.2. The van der Waals surface area contributed by atoms with Crippen LogP contribution in [0.3, 0.4) is 0 Å². The number of hydrogen-bond donors (Lipinski definition) is 3. The Bertz CT molecular complexity index is 1040. The minimum Gasteiger partial charge on any atom is -0.480 e. The van der Waals surface area contributed by atoms with Crippen molar-refractivity contribution in [2.75, 3.05) is 26.4 Å². The fourth-order valence-corrected chi connectivity index (χ4v) is 6.88. The number of carboxylic acid groups (broad SMARTS) is 1. The molecule has 0 fully saturated rings. The number of phosphoric ester groups is 1. The molecule has 0 aromatic carbocycles. The second-order valence-electron chi connectivity index (χ2n) is 15.2. The number of allylic oxidation sites excluding steroid dienone is 6. The lowest BCUT2D eigenvalue weighted by Crippen LogP contribution is -2.34. The van der Waals surface area contributed by atoms with Gasteiger partial charge < -0.3 is 25.2 Å². The number of esters is 1. The third-order valence-corrected chi connectivity index (χ3v) is 10.6. The SMILES string of the molecule is CCCCC/C=C\C/C=C\CCCCCCCCCCCCOCC(COP(=O)(O)OCC(N)C(=O)O)OC(=O)CCCCCCC/C=C\CCCCCCC. The van der Waals surface area contributed by atoms with Gasteiger partial charge in [0.05, 0.1) is 19.8 Å². The maximum absolute atomic E-state index is 12.6. The summed E-state index contributed by atoms with van der Waals surface area (Å²) in [4.78, 5) is 33.5. The van der Waals surface area contributed by atoms with E-state index in [1.807, 2.05) is 0 Å². The lowest BCUT2D eigenvalue weighted by molar-refractivity contribution is -0.154. The summed E-state index contributed by atoms with van der Waals surface area (Å²) < 4.78 is 33.4. The van der Waals surface area contributed by atoms with Crippen LogP contribution in [-0.4, -0.2) is 60.5 Å². The zero-order valence-electron chi connectivity index (χ0n) is 35.7. The molecule has 0 aliphatic heterocycles. The first-order valence-electron chi connectivity index (χ1n) is 22.5. The van der Waals surface area contributed by atoms with Gasteiger partial charge in [0, 0.05) is 13.0 Å². The van der Waals surface area contributed by atoms with E-state index < -0.39 is 45.1 Å². The highest BCUT2D eigenvalue weighted by atomic mass is 31.2. The molecule has 56 heavy (non-hydrogen) atoms. The molecule has 10 nitrogen and oxygen atoms in total. The summed E-state index contributed by atoms with van der Waals surface area (Å²) in [5, 5.41) is 8.90. The summed E-state index contributed by atoms with van der Waals surface area (Å²) in [6.45, 7) is 3.84. The number of carbonyl (C=O) groups is 2. The van der Waals surface area contributed by atoms with Crippen LogP contribution in [0.5, 0.6) is 0 Å². The van der Waals surface area contributed by atoms with Gasteiger partial charge in [0.15, 0.2) is 0 Å². The van der Waals surface area contributed by atoms with Crippen molar-refractivity contribution in [1.29, 1.82) is 0 Å². The first kappa shape index (κ1) is 54.2. The van der Waals surface area contributed by atoms with Gasteiger partial charge in [-0.1, -0.05) is 159 Å². The van der Waals surface area contributed by atoms with Crippen LogP contribution in [-0.2, 0) is 32.7 Å². The molecule has 328 valence electrons. The van der Waals surface area contributed by atoms with Gasteiger partial charge in [-0.3, -0.25) is 18.6 Å². The van der Waals surface area contributed by atoms with E-state index in [2.05, 4.69) is 50.3 Å². The average Bonchev–Trinajstić information content (AvgIpc) is 3.18. The molecule has 11 heteroatoms. The van der Waals surface area contributed by atoms with Gasteiger partial charge in [-0.05, 0) is 70.6 Å². The maximum atomic E-state index is 12.6. The van der Waals surface area contributed by atoms with Crippen molar-refractivity contribution < 1.29 is 42.7 Å². The van der Waals surface area contributed by atoms with E-state index in [0.29, 0.717) is 13.0 Å². The van der Waals surface area contributed by atoms with Gasteiger partial charge in [-0.15, -0.1) is 0 Å². The standard InChI is InChI=1S/C45H84NO9P/c1-3-5-7-9-11-13-15-17-19-20-21-22-23-24-26-28-30-32-34-36-38-52-39-42(40-53-56(50,51)54-41-43(46)45(48)49)55-44(47)37-35-33-31-29-27-25-18-16-14-12-10-8-6-4-2/h11,13,16-19,42-43H,3-10,12,14-15,20-41,46H2,1-2H3,(H,48,49)(H,50,51)/b13-11-,18-16-,19-17-. The Kier molecular flexibility index (Phi) is 40.0. The maximum Gasteiger partial charge on any atom is 0.472 e. The van der Waals surface area contributed by atoms with Gasteiger partial charge in [0.1, 0.15) is 12.1 Å². The number of rotatable bonds is 43. The van der Waals surface area contributed by atoms with Crippen molar-refractivity contribution in [3.63, 3.8) is 0 Å². The lowest BCUT2D eigenvalue weighted by Gasteiger charge is -2.20. The molecule has 0 radical (unpaired) electrons. The summed E-state index contributed by atoms with van der Waals surface area (Å²) in [5.74, 6) is -1.79. The number of carbonyl (C=O) groups excluding carboxylic acids is 1. The molecule has 3 atom stereocenters. The van der Waals surface area contributed by atoms with Crippen molar-refractivity contribution in [1.82, 2.24) is 0 Å².